The van der Waals surface area contributed by atoms with E-state index in [4.69, 9.17) is 4.98 Å². The maximum absolute atomic E-state index is 12.7. The first kappa shape index (κ1) is 18.6. The van der Waals surface area contributed by atoms with Crippen LogP contribution in [0.2, 0.25) is 0 Å². The summed E-state index contributed by atoms with van der Waals surface area (Å²) in [4.78, 5) is 23.0. The molecule has 0 bridgehead atoms. The topological polar surface area (TPSA) is 67.2 Å². The molecule has 2 aliphatic rings. The number of aromatic nitrogens is 4. The second kappa shape index (κ2) is 8.48. The van der Waals surface area contributed by atoms with Crippen LogP contribution in [0.5, 0.6) is 0 Å². The van der Waals surface area contributed by atoms with Crippen LogP contribution >= 0.6 is 11.3 Å². The normalized spacial score (nSPS) is 17.7. The van der Waals surface area contributed by atoms with Crippen LogP contribution in [0.1, 0.15) is 58.2 Å². The van der Waals surface area contributed by atoms with Gasteiger partial charge in [-0.1, -0.05) is 11.6 Å². The van der Waals surface area contributed by atoms with Gasteiger partial charge in [0.15, 0.2) is 5.69 Å². The third-order valence-corrected chi connectivity index (χ3v) is 6.60. The highest BCUT2D eigenvalue weighted by atomic mass is 32.1. The average molecular weight is 389 g/mol. The van der Waals surface area contributed by atoms with Gasteiger partial charge >= 0.3 is 0 Å². The van der Waals surface area contributed by atoms with Crippen molar-refractivity contribution in [2.75, 3.05) is 26.7 Å². The largest absolute Gasteiger partial charge is 0.333 e. The number of rotatable bonds is 6. The molecule has 0 radical (unpaired) electrons. The minimum Gasteiger partial charge on any atom is -0.333 e. The quantitative estimate of drug-likeness (QED) is 0.760. The molecule has 4 rings (SSSR count). The molecular formula is C19H28N6OS. The number of likely N-dealkylation sites (tertiary alicyclic amines) is 1. The van der Waals surface area contributed by atoms with Crippen molar-refractivity contribution in [1.82, 2.24) is 29.8 Å². The zero-order valence-electron chi connectivity index (χ0n) is 16.1. The lowest BCUT2D eigenvalue weighted by molar-refractivity contribution is 0.0779. The molecule has 1 aliphatic heterocycles. The summed E-state index contributed by atoms with van der Waals surface area (Å²) in [6, 6.07) is 0. The lowest BCUT2D eigenvalue weighted by atomic mass is 10.0. The predicted molar refractivity (Wildman–Crippen MR) is 105 cm³/mol. The minimum absolute atomic E-state index is 0.0904. The van der Waals surface area contributed by atoms with Crippen molar-refractivity contribution in [2.45, 2.75) is 58.0 Å². The molecule has 1 aliphatic carbocycles. The lowest BCUT2D eigenvalue weighted by Gasteiger charge is -2.25. The van der Waals surface area contributed by atoms with Gasteiger partial charge in [-0.15, -0.1) is 16.4 Å². The molecule has 1 amide bonds. The van der Waals surface area contributed by atoms with Crippen LogP contribution in [0.15, 0.2) is 6.20 Å². The van der Waals surface area contributed by atoms with E-state index < -0.39 is 0 Å². The second-order valence-electron chi connectivity index (χ2n) is 7.61. The molecule has 2 aromatic heterocycles. The third-order valence-electron chi connectivity index (χ3n) is 5.46. The van der Waals surface area contributed by atoms with Gasteiger partial charge in [0.05, 0.1) is 25.0 Å². The molecule has 0 spiro atoms. The van der Waals surface area contributed by atoms with Gasteiger partial charge in [0, 0.05) is 18.5 Å². The Balaban J connectivity index is 1.32. The van der Waals surface area contributed by atoms with Gasteiger partial charge in [0.25, 0.3) is 5.91 Å². The van der Waals surface area contributed by atoms with Gasteiger partial charge in [-0.25, -0.2) is 4.98 Å². The number of amides is 1. The third kappa shape index (κ3) is 4.55. The van der Waals surface area contributed by atoms with Crippen molar-refractivity contribution >= 4 is 17.2 Å². The predicted octanol–water partition coefficient (Wildman–Crippen LogP) is 2.37. The molecule has 0 unspecified atom stereocenters. The Bertz CT molecular complexity index is 756. The first-order valence-corrected chi connectivity index (χ1v) is 10.9. The van der Waals surface area contributed by atoms with Gasteiger partial charge in [0.1, 0.15) is 5.01 Å². The van der Waals surface area contributed by atoms with Crippen LogP contribution in [-0.2, 0) is 25.9 Å². The smallest absolute Gasteiger partial charge is 0.276 e. The number of thiazole rings is 1. The summed E-state index contributed by atoms with van der Waals surface area (Å²) < 4.78 is 1.79. The lowest BCUT2D eigenvalue weighted by Crippen LogP contribution is -2.32. The summed E-state index contributed by atoms with van der Waals surface area (Å²) in [6.45, 7) is 4.62. The molecule has 7 nitrogen and oxygen atoms in total. The van der Waals surface area contributed by atoms with E-state index in [1.165, 1.54) is 55.8 Å². The number of piperidine rings is 1. The van der Waals surface area contributed by atoms with Crippen LogP contribution in [-0.4, -0.2) is 62.4 Å². The number of fused-ring (bicyclic) bond motifs is 1. The van der Waals surface area contributed by atoms with Crippen LogP contribution in [0.3, 0.4) is 0 Å². The first-order chi connectivity index (χ1) is 13.2. The monoisotopic (exact) mass is 388 g/mol. The molecule has 1 saturated heterocycles. The molecule has 0 saturated carbocycles. The number of carbonyl (C=O) groups is 1. The fourth-order valence-electron chi connectivity index (χ4n) is 3.88. The van der Waals surface area contributed by atoms with E-state index in [0.717, 1.165) is 30.9 Å². The van der Waals surface area contributed by atoms with E-state index in [1.54, 1.807) is 27.1 Å². The minimum atomic E-state index is -0.0904. The second-order valence-corrected chi connectivity index (χ2v) is 8.78. The molecule has 8 heteroatoms. The number of aryl methyl sites for hydroxylation is 2. The molecular weight excluding hydrogens is 360 g/mol. The first-order valence-electron chi connectivity index (χ1n) is 10.0. The highest BCUT2D eigenvalue weighted by Gasteiger charge is 2.20. The van der Waals surface area contributed by atoms with Crippen molar-refractivity contribution < 1.29 is 4.79 Å². The maximum Gasteiger partial charge on any atom is 0.276 e. The zero-order chi connectivity index (χ0) is 18.6. The molecule has 0 atom stereocenters. The molecule has 0 N–H and O–H groups in total. The Labute approximate surface area is 164 Å². The van der Waals surface area contributed by atoms with Crippen molar-refractivity contribution in [3.8, 4) is 0 Å². The maximum atomic E-state index is 12.7. The van der Waals surface area contributed by atoms with Gasteiger partial charge in [-0.2, -0.15) is 0 Å². The molecule has 0 aromatic carbocycles. The van der Waals surface area contributed by atoms with Crippen molar-refractivity contribution in [1.29, 1.82) is 0 Å². The fraction of sp³-hybridized carbons (Fsp3) is 0.684. The SMILES string of the molecule is CN(Cc1nc2c(s1)CCCC2)C(=O)c1cn(CCN2CCCCC2)nn1. The number of hydrogen-bond donors (Lipinski definition) is 0. The number of carbonyl (C=O) groups excluding carboxylic acids is 1. The molecule has 146 valence electrons. The van der Waals surface area contributed by atoms with Crippen LogP contribution in [0, 0.1) is 0 Å². The van der Waals surface area contributed by atoms with Gasteiger partial charge in [-0.05, 0) is 51.6 Å². The van der Waals surface area contributed by atoms with Gasteiger partial charge in [-0.3, -0.25) is 9.48 Å². The van der Waals surface area contributed by atoms with Gasteiger partial charge in [0.2, 0.25) is 0 Å². The van der Waals surface area contributed by atoms with Crippen LogP contribution in [0.25, 0.3) is 0 Å². The summed E-state index contributed by atoms with van der Waals surface area (Å²) >= 11 is 1.75. The van der Waals surface area contributed by atoms with E-state index in [-0.39, 0.29) is 5.91 Å². The molecule has 27 heavy (non-hydrogen) atoms. The summed E-state index contributed by atoms with van der Waals surface area (Å²) in [5.74, 6) is -0.0904. The van der Waals surface area contributed by atoms with E-state index >= 15 is 0 Å². The van der Waals surface area contributed by atoms with Crippen molar-refractivity contribution in [2.24, 2.45) is 0 Å². The molecule has 2 aromatic rings. The van der Waals surface area contributed by atoms with Crippen molar-refractivity contribution in [3.63, 3.8) is 0 Å². The summed E-state index contributed by atoms with van der Waals surface area (Å²) in [6.07, 6.45) is 10.4. The van der Waals surface area contributed by atoms with Crippen LogP contribution in [0.4, 0.5) is 0 Å². The Kier molecular flexibility index (Phi) is 5.83. The van der Waals surface area contributed by atoms with Gasteiger partial charge < -0.3 is 9.80 Å². The van der Waals surface area contributed by atoms with E-state index in [1.807, 2.05) is 7.05 Å². The fourth-order valence-corrected chi connectivity index (χ4v) is 5.09. The van der Waals surface area contributed by atoms with Crippen molar-refractivity contribution in [3.05, 3.63) is 27.5 Å². The number of nitrogens with zero attached hydrogens (tertiary/aromatic N) is 6. The standard InChI is InChI=1S/C19H28N6OS/c1-23(14-18-20-15-7-3-4-8-17(15)27-18)19(26)16-13-25(22-21-16)12-11-24-9-5-2-6-10-24/h13H,2-12,14H2,1H3. The summed E-state index contributed by atoms with van der Waals surface area (Å²) in [7, 11) is 1.81. The Morgan fingerprint density at radius 1 is 1.15 bits per heavy atom. The zero-order valence-corrected chi connectivity index (χ0v) is 16.9. The Morgan fingerprint density at radius 2 is 1.96 bits per heavy atom. The van der Waals surface area contributed by atoms with E-state index in [0.29, 0.717) is 12.2 Å². The molecule has 1 fully saturated rings. The Hall–Kier alpha value is -1.80. The highest BCUT2D eigenvalue weighted by Crippen LogP contribution is 2.27. The number of hydrogen-bond acceptors (Lipinski definition) is 6. The Morgan fingerprint density at radius 3 is 2.78 bits per heavy atom. The van der Waals surface area contributed by atoms with E-state index in [2.05, 4.69) is 15.2 Å². The molecule has 3 heterocycles. The van der Waals surface area contributed by atoms with Crippen LogP contribution < -0.4 is 0 Å². The summed E-state index contributed by atoms with van der Waals surface area (Å²) in [5.41, 5.74) is 1.66. The van der Waals surface area contributed by atoms with E-state index in [9.17, 15) is 4.79 Å². The highest BCUT2D eigenvalue weighted by molar-refractivity contribution is 7.11. The average Bonchev–Trinajstić information content (AvgIpc) is 3.33. The summed E-state index contributed by atoms with van der Waals surface area (Å²) in [5, 5.41) is 9.26.